The fourth-order valence-corrected chi connectivity index (χ4v) is 9.29. The first-order valence-electron chi connectivity index (χ1n) is 27.7. The van der Waals surface area contributed by atoms with Gasteiger partial charge in [-0.1, -0.05) is 67.5 Å². The van der Waals surface area contributed by atoms with Gasteiger partial charge < -0.3 is 67.8 Å². The molecule has 4 aliphatic heterocycles. The third-order valence-corrected chi connectivity index (χ3v) is 13.5. The van der Waals surface area contributed by atoms with Crippen LogP contribution in [0, 0.1) is 23.7 Å². The first kappa shape index (κ1) is 69.3. The summed E-state index contributed by atoms with van der Waals surface area (Å²) in [6.45, 7) is 22.3. The quantitative estimate of drug-likeness (QED) is 0.0597. The molecule has 83 heavy (non-hydrogen) atoms. The van der Waals surface area contributed by atoms with E-state index in [1.807, 2.05) is 79.7 Å². The molecule has 4 N–H and O–H groups in total. The zero-order valence-corrected chi connectivity index (χ0v) is 51.2. The molecule has 2 aromatic rings. The number of epoxide rings is 2. The van der Waals surface area contributed by atoms with Crippen molar-refractivity contribution in [3.8, 4) is 34.5 Å². The van der Waals surface area contributed by atoms with E-state index < -0.39 is 70.7 Å². The number of carbonyl (C=O) groups is 6. The number of hydrogen-bond acceptors (Lipinski definition) is 20. The van der Waals surface area contributed by atoms with Gasteiger partial charge in [-0.3, -0.25) is 38.1 Å². The fraction of sp³-hybridized carbons (Fsp3) is 0.679. The molecule has 26 nitrogen and oxygen atoms in total. The zero-order chi connectivity index (χ0) is 61.9. The molecule has 27 heteroatoms. The summed E-state index contributed by atoms with van der Waals surface area (Å²) in [6.07, 6.45) is -2.67. The summed E-state index contributed by atoms with van der Waals surface area (Å²) in [7, 11) is 4.86. The molecule has 0 radical (unpaired) electrons. The molecular formula is C56H88N6O20S. The number of carbonyl (C=O) groups excluding carboxylic acids is 6. The zero-order valence-electron chi connectivity index (χ0n) is 50.4. The van der Waals surface area contributed by atoms with E-state index in [1.165, 1.54) is 0 Å². The van der Waals surface area contributed by atoms with Gasteiger partial charge in [0, 0.05) is 76.6 Å². The van der Waals surface area contributed by atoms with Crippen LogP contribution in [0.3, 0.4) is 0 Å². The highest BCUT2D eigenvalue weighted by Crippen LogP contribution is 2.41. The predicted molar refractivity (Wildman–Crippen MR) is 302 cm³/mol. The highest BCUT2D eigenvalue weighted by molar-refractivity contribution is 7.79. The predicted octanol–water partition coefficient (Wildman–Crippen LogP) is 3.06. The van der Waals surface area contributed by atoms with Crippen molar-refractivity contribution in [3.63, 3.8) is 0 Å². The van der Waals surface area contributed by atoms with Crippen molar-refractivity contribution in [2.75, 3.05) is 108 Å². The van der Waals surface area contributed by atoms with Crippen molar-refractivity contribution in [2.45, 2.75) is 118 Å². The van der Waals surface area contributed by atoms with E-state index in [-0.39, 0.29) is 48.7 Å². The molecule has 468 valence electrons. The van der Waals surface area contributed by atoms with Crippen molar-refractivity contribution in [3.05, 3.63) is 35.4 Å². The van der Waals surface area contributed by atoms with Gasteiger partial charge in [-0.25, -0.2) is 9.59 Å². The summed E-state index contributed by atoms with van der Waals surface area (Å²) < 4.78 is 85.4. The Morgan fingerprint density at radius 3 is 1.07 bits per heavy atom. The molecule has 0 aliphatic carbocycles. The molecule has 6 unspecified atom stereocenters. The molecule has 6 rings (SSSR count). The van der Waals surface area contributed by atoms with Gasteiger partial charge in [0.25, 0.3) is 11.8 Å². The van der Waals surface area contributed by atoms with E-state index in [1.54, 1.807) is 52.5 Å². The molecule has 2 aromatic carbocycles. The van der Waals surface area contributed by atoms with Crippen molar-refractivity contribution in [2.24, 2.45) is 23.7 Å². The van der Waals surface area contributed by atoms with Crippen LogP contribution >= 0.6 is 0 Å². The SMILES string of the molecule is COc1ccc(CN2CCN(C(=O)C(CC(C)C)NC(=O)C3OC3C(=O)OCC(C)C)CC2)c(OC)c1OC.COc1ccc(CN2CCN(C(=O)C(CC(C)C)NC(=O)C3OC3C(=O)OCC(C)C)CC2)c(OC)c1OC.O=S(=O)(O)O. The normalized spacial score (nSPS) is 19.5. The lowest BCUT2D eigenvalue weighted by Gasteiger charge is -2.37. The molecule has 0 aromatic heterocycles. The van der Waals surface area contributed by atoms with E-state index >= 15 is 0 Å². The summed E-state index contributed by atoms with van der Waals surface area (Å²) >= 11 is 0. The summed E-state index contributed by atoms with van der Waals surface area (Å²) in [5, 5.41) is 5.66. The maximum atomic E-state index is 13.4. The topological polar surface area (TPSA) is 313 Å². The van der Waals surface area contributed by atoms with Gasteiger partial charge in [-0.2, -0.15) is 8.42 Å². The molecule has 0 saturated carbocycles. The first-order valence-corrected chi connectivity index (χ1v) is 29.1. The Hall–Kier alpha value is -6.23. The lowest BCUT2D eigenvalue weighted by atomic mass is 10.0. The first-order chi connectivity index (χ1) is 39.2. The van der Waals surface area contributed by atoms with Crippen LogP contribution < -0.4 is 39.1 Å². The summed E-state index contributed by atoms with van der Waals surface area (Å²) in [5.74, 6) is 2.05. The van der Waals surface area contributed by atoms with Crippen LogP contribution in [0.2, 0.25) is 0 Å². The molecule has 4 heterocycles. The second-order valence-corrected chi connectivity index (χ2v) is 22.9. The van der Waals surface area contributed by atoms with Crippen LogP contribution in [0.5, 0.6) is 34.5 Å². The Balaban J connectivity index is 0.000000329. The molecular weight excluding hydrogens is 1110 g/mol. The molecule has 6 atom stereocenters. The van der Waals surface area contributed by atoms with Crippen LogP contribution in [0.25, 0.3) is 0 Å². The number of methoxy groups -OCH3 is 6. The van der Waals surface area contributed by atoms with Crippen molar-refractivity contribution in [1.29, 1.82) is 0 Å². The second kappa shape index (κ2) is 32.7. The van der Waals surface area contributed by atoms with Crippen molar-refractivity contribution >= 4 is 46.0 Å². The monoisotopic (exact) mass is 1200 g/mol. The van der Waals surface area contributed by atoms with Crippen molar-refractivity contribution in [1.82, 2.24) is 30.2 Å². The number of piperazine rings is 2. The largest absolute Gasteiger partial charge is 0.493 e. The molecule has 0 spiro atoms. The fourth-order valence-electron chi connectivity index (χ4n) is 9.29. The molecule has 4 aliphatic rings. The standard InChI is InChI=1S/2C28H43N3O8.H2O4S/c2*1-17(2)14-20(29-26(32)24-25(39-24)28(34)38-16-18(3)4)27(33)31-12-10-30(11-13-31)15-19-8-9-21(35-5)23(37-7)22(19)36-6;1-5(2,3)4/h2*8-9,17-18,20,24-25H,10-16H2,1-7H3,(H,29,32);(H2,1,2,3,4). The van der Waals surface area contributed by atoms with Crippen molar-refractivity contribution < 1.29 is 93.7 Å². The Bertz CT molecular complexity index is 2420. The number of rotatable bonds is 26. The minimum atomic E-state index is -4.67. The minimum Gasteiger partial charge on any atom is -0.493 e. The van der Waals surface area contributed by atoms with Gasteiger partial charge in [0.15, 0.2) is 47.4 Å². The Kier molecular flexibility index (Phi) is 27.3. The highest BCUT2D eigenvalue weighted by Gasteiger charge is 2.53. The Morgan fingerprint density at radius 1 is 0.494 bits per heavy atom. The van der Waals surface area contributed by atoms with Gasteiger partial charge in [-0.05, 0) is 48.6 Å². The smallest absolute Gasteiger partial charge is 0.394 e. The average molecular weight is 1200 g/mol. The number of amides is 4. The van der Waals surface area contributed by atoms with Gasteiger partial charge >= 0.3 is 22.3 Å². The third-order valence-electron chi connectivity index (χ3n) is 13.5. The number of benzene rings is 2. The van der Waals surface area contributed by atoms with E-state index in [2.05, 4.69) is 20.4 Å². The second-order valence-electron chi connectivity index (χ2n) is 22.0. The van der Waals surface area contributed by atoms with Gasteiger partial charge in [-0.15, -0.1) is 0 Å². The third kappa shape index (κ3) is 21.7. The average Bonchev–Trinajstić information content (AvgIpc) is 4.51. The molecule has 4 amide bonds. The van der Waals surface area contributed by atoms with Gasteiger partial charge in [0.05, 0.1) is 55.9 Å². The lowest BCUT2D eigenvalue weighted by molar-refractivity contribution is -0.147. The van der Waals surface area contributed by atoms with E-state index in [0.29, 0.717) is 113 Å². The molecule has 0 bridgehead atoms. The number of nitrogens with one attached hydrogen (secondary N) is 2. The number of esters is 2. The highest BCUT2D eigenvalue weighted by atomic mass is 32.3. The van der Waals surface area contributed by atoms with Crippen LogP contribution in [-0.2, 0) is 71.2 Å². The Labute approximate surface area is 487 Å². The maximum Gasteiger partial charge on any atom is 0.394 e. The summed E-state index contributed by atoms with van der Waals surface area (Å²) in [5.41, 5.74) is 1.93. The van der Waals surface area contributed by atoms with Crippen LogP contribution in [0.1, 0.15) is 79.4 Å². The summed E-state index contributed by atoms with van der Waals surface area (Å²) in [4.78, 5) is 84.8. The van der Waals surface area contributed by atoms with Crippen LogP contribution in [-0.4, -0.2) is 217 Å². The maximum absolute atomic E-state index is 13.4. The number of ether oxygens (including phenoxy) is 10. The van der Waals surface area contributed by atoms with E-state index in [9.17, 15) is 28.8 Å². The van der Waals surface area contributed by atoms with Gasteiger partial charge in [0.2, 0.25) is 23.3 Å². The van der Waals surface area contributed by atoms with Crippen LogP contribution in [0.15, 0.2) is 24.3 Å². The number of hydrogen-bond donors (Lipinski definition) is 4. The Morgan fingerprint density at radius 2 is 0.807 bits per heavy atom. The molecule has 4 saturated heterocycles. The van der Waals surface area contributed by atoms with E-state index in [0.717, 1.165) is 11.1 Å². The van der Waals surface area contributed by atoms with Gasteiger partial charge in [0.1, 0.15) is 12.1 Å². The molecule has 4 fully saturated rings. The van der Waals surface area contributed by atoms with E-state index in [4.69, 9.17) is 64.9 Å². The lowest BCUT2D eigenvalue weighted by Crippen LogP contribution is -2.55. The van der Waals surface area contributed by atoms with Crippen LogP contribution in [0.4, 0.5) is 0 Å². The summed E-state index contributed by atoms with van der Waals surface area (Å²) in [6, 6.07) is 6.25. The minimum absolute atomic E-state index is 0.125. The number of nitrogens with zero attached hydrogens (tertiary/aromatic N) is 4.